The minimum absolute atomic E-state index is 0.233. The molecule has 0 aliphatic carbocycles. The summed E-state index contributed by atoms with van der Waals surface area (Å²) < 4.78 is 17.6. The normalized spacial score (nSPS) is 14.1. The van der Waals surface area contributed by atoms with E-state index in [1.807, 2.05) is 61.6 Å². The van der Waals surface area contributed by atoms with E-state index < -0.39 is 17.8 Å². The van der Waals surface area contributed by atoms with E-state index in [9.17, 15) is 19.2 Å². The third kappa shape index (κ3) is 6.90. The monoisotopic (exact) mass is 683 g/mol. The van der Waals surface area contributed by atoms with Crippen LogP contribution in [0.15, 0.2) is 60.2 Å². The molecular formula is C31H30IN3O7. The molecule has 0 spiro atoms. The fourth-order valence-electron chi connectivity index (χ4n) is 4.20. The number of halogens is 1. The summed E-state index contributed by atoms with van der Waals surface area (Å²) in [5, 5.41) is 5.08. The highest BCUT2D eigenvalue weighted by Crippen LogP contribution is 2.35. The van der Waals surface area contributed by atoms with E-state index in [-0.39, 0.29) is 23.8 Å². The molecule has 0 saturated carbocycles. The molecule has 4 rings (SSSR count). The van der Waals surface area contributed by atoms with Crippen molar-refractivity contribution in [1.29, 1.82) is 0 Å². The van der Waals surface area contributed by atoms with E-state index >= 15 is 0 Å². The van der Waals surface area contributed by atoms with Crippen LogP contribution in [0.25, 0.3) is 6.08 Å². The predicted octanol–water partition coefficient (Wildman–Crippen LogP) is 5.39. The minimum Gasteiger partial charge on any atom is -0.494 e. The molecule has 0 unspecified atom stereocenters. The Labute approximate surface area is 257 Å². The number of carbonyl (C=O) groups is 4. The first-order valence-corrected chi connectivity index (χ1v) is 14.3. The van der Waals surface area contributed by atoms with Crippen molar-refractivity contribution < 1.29 is 33.4 Å². The number of nitrogens with one attached hydrogen (secondary N) is 2. The molecule has 1 fully saturated rings. The van der Waals surface area contributed by atoms with Gasteiger partial charge in [-0.25, -0.2) is 9.69 Å². The number of ether oxygens (including phenoxy) is 3. The van der Waals surface area contributed by atoms with Gasteiger partial charge < -0.3 is 19.5 Å². The van der Waals surface area contributed by atoms with Crippen LogP contribution in [0, 0.1) is 17.4 Å². The summed E-state index contributed by atoms with van der Waals surface area (Å²) in [5.74, 6) is -0.661. The number of nitrogens with zero attached hydrogens (tertiary/aromatic N) is 1. The van der Waals surface area contributed by atoms with Gasteiger partial charge in [0.05, 0.1) is 22.5 Å². The van der Waals surface area contributed by atoms with Crippen molar-refractivity contribution in [2.45, 2.75) is 27.7 Å². The summed E-state index contributed by atoms with van der Waals surface area (Å²) in [7, 11) is 0. The van der Waals surface area contributed by atoms with E-state index in [2.05, 4.69) is 10.6 Å². The van der Waals surface area contributed by atoms with Crippen molar-refractivity contribution >= 4 is 63.8 Å². The van der Waals surface area contributed by atoms with Gasteiger partial charge >= 0.3 is 6.03 Å². The topological polar surface area (TPSA) is 123 Å². The van der Waals surface area contributed by atoms with E-state index in [0.717, 1.165) is 16.0 Å². The number of hydrogen-bond acceptors (Lipinski definition) is 7. The molecule has 2 N–H and O–H groups in total. The Hall–Kier alpha value is -4.39. The van der Waals surface area contributed by atoms with Gasteiger partial charge in [-0.3, -0.25) is 19.7 Å². The van der Waals surface area contributed by atoms with Crippen LogP contribution in [-0.4, -0.2) is 43.6 Å². The van der Waals surface area contributed by atoms with Crippen LogP contribution in [-0.2, 0) is 14.4 Å². The first-order chi connectivity index (χ1) is 20.1. The number of barbiturate groups is 1. The molecule has 0 bridgehead atoms. The molecule has 5 amide bonds. The van der Waals surface area contributed by atoms with Gasteiger partial charge in [0.25, 0.3) is 17.7 Å². The third-order valence-electron chi connectivity index (χ3n) is 6.38. The van der Waals surface area contributed by atoms with Crippen LogP contribution >= 0.6 is 22.6 Å². The molecule has 3 aromatic rings. The summed E-state index contributed by atoms with van der Waals surface area (Å²) in [4.78, 5) is 52.2. The molecule has 42 heavy (non-hydrogen) atoms. The molecule has 218 valence electrons. The van der Waals surface area contributed by atoms with Gasteiger partial charge in [0.15, 0.2) is 18.1 Å². The van der Waals surface area contributed by atoms with Crippen LogP contribution < -0.4 is 29.7 Å². The van der Waals surface area contributed by atoms with Gasteiger partial charge in [0, 0.05) is 5.69 Å². The van der Waals surface area contributed by atoms with Crippen LogP contribution in [0.1, 0.15) is 30.5 Å². The number of anilines is 2. The predicted molar refractivity (Wildman–Crippen MR) is 167 cm³/mol. The number of amides is 5. The Balaban J connectivity index is 1.57. The Kier molecular flexibility index (Phi) is 9.84. The quantitative estimate of drug-likeness (QED) is 0.167. The van der Waals surface area contributed by atoms with Gasteiger partial charge in [-0.2, -0.15) is 0 Å². The second kappa shape index (κ2) is 13.5. The molecule has 1 aliphatic rings. The molecular weight excluding hydrogens is 653 g/mol. The number of hydrogen-bond donors (Lipinski definition) is 2. The molecule has 0 atom stereocenters. The number of benzene rings is 3. The fraction of sp³-hybridized carbons (Fsp3) is 0.226. The Morgan fingerprint density at radius 2 is 1.69 bits per heavy atom. The summed E-state index contributed by atoms with van der Waals surface area (Å²) in [6, 6.07) is 14.5. The number of aryl methyl sites for hydroxylation is 1. The third-order valence-corrected chi connectivity index (χ3v) is 7.18. The van der Waals surface area contributed by atoms with Crippen LogP contribution in [0.5, 0.6) is 17.2 Å². The van der Waals surface area contributed by atoms with Gasteiger partial charge in [-0.15, -0.1) is 0 Å². The smallest absolute Gasteiger partial charge is 0.335 e. The van der Waals surface area contributed by atoms with Crippen molar-refractivity contribution in [2.75, 3.05) is 30.0 Å². The molecule has 10 nitrogen and oxygen atoms in total. The largest absolute Gasteiger partial charge is 0.494 e. The average molecular weight is 683 g/mol. The zero-order valence-electron chi connectivity index (χ0n) is 23.6. The number of rotatable bonds is 10. The number of urea groups is 1. The van der Waals surface area contributed by atoms with Gasteiger partial charge in [-0.1, -0.05) is 12.1 Å². The maximum Gasteiger partial charge on any atom is 0.335 e. The summed E-state index contributed by atoms with van der Waals surface area (Å²) in [6.45, 7) is 8.06. The van der Waals surface area contributed by atoms with Crippen molar-refractivity contribution in [1.82, 2.24) is 5.32 Å². The minimum atomic E-state index is -0.848. The zero-order chi connectivity index (χ0) is 30.4. The first-order valence-electron chi connectivity index (χ1n) is 13.2. The Morgan fingerprint density at radius 1 is 0.976 bits per heavy atom. The average Bonchev–Trinajstić information content (AvgIpc) is 2.94. The molecule has 3 aromatic carbocycles. The molecule has 0 aromatic heterocycles. The second-order valence-corrected chi connectivity index (χ2v) is 10.4. The second-order valence-electron chi connectivity index (χ2n) is 9.23. The van der Waals surface area contributed by atoms with Crippen LogP contribution in [0.4, 0.5) is 16.2 Å². The van der Waals surface area contributed by atoms with Crippen molar-refractivity contribution in [2.24, 2.45) is 0 Å². The van der Waals surface area contributed by atoms with E-state index in [0.29, 0.717) is 45.3 Å². The maximum atomic E-state index is 13.3. The first kappa shape index (κ1) is 30.6. The molecule has 1 aliphatic heterocycles. The highest BCUT2D eigenvalue weighted by molar-refractivity contribution is 14.1. The summed E-state index contributed by atoms with van der Waals surface area (Å²) in [6.07, 6.45) is 1.38. The van der Waals surface area contributed by atoms with Crippen LogP contribution in [0.3, 0.4) is 0 Å². The zero-order valence-corrected chi connectivity index (χ0v) is 25.7. The van der Waals surface area contributed by atoms with Gasteiger partial charge in [-0.05, 0) is 116 Å². The maximum absolute atomic E-state index is 13.3. The Morgan fingerprint density at radius 3 is 2.38 bits per heavy atom. The SMILES string of the molecule is CCOc1ccc(N2C(=O)NC(=O)/C(=C\c3cc(I)c(OCC(=O)Nc4cccc(C)c4C)c(OCC)c3)C2=O)cc1. The molecule has 11 heteroatoms. The van der Waals surface area contributed by atoms with Crippen LogP contribution in [0.2, 0.25) is 0 Å². The lowest BCUT2D eigenvalue weighted by Gasteiger charge is -2.26. The van der Waals surface area contributed by atoms with E-state index in [4.69, 9.17) is 14.2 Å². The van der Waals surface area contributed by atoms with Crippen molar-refractivity contribution in [3.63, 3.8) is 0 Å². The highest BCUT2D eigenvalue weighted by Gasteiger charge is 2.37. The van der Waals surface area contributed by atoms with Gasteiger partial charge in [0.1, 0.15) is 11.3 Å². The van der Waals surface area contributed by atoms with E-state index in [1.165, 1.54) is 6.08 Å². The lowest BCUT2D eigenvalue weighted by molar-refractivity contribution is -0.122. The summed E-state index contributed by atoms with van der Waals surface area (Å²) >= 11 is 2.03. The van der Waals surface area contributed by atoms with Crippen molar-refractivity contribution in [3.8, 4) is 17.2 Å². The number of carbonyl (C=O) groups excluding carboxylic acids is 4. The summed E-state index contributed by atoms with van der Waals surface area (Å²) in [5.41, 5.74) is 3.25. The Bertz CT molecular complexity index is 1570. The lowest BCUT2D eigenvalue weighted by atomic mass is 10.1. The lowest BCUT2D eigenvalue weighted by Crippen LogP contribution is -2.54. The highest BCUT2D eigenvalue weighted by atomic mass is 127. The molecule has 0 radical (unpaired) electrons. The number of imide groups is 2. The van der Waals surface area contributed by atoms with Crippen molar-refractivity contribution in [3.05, 3.63) is 80.4 Å². The molecule has 1 saturated heterocycles. The fourth-order valence-corrected chi connectivity index (χ4v) is 4.98. The van der Waals surface area contributed by atoms with Gasteiger partial charge in [0.2, 0.25) is 0 Å². The van der Waals surface area contributed by atoms with E-state index in [1.54, 1.807) is 43.3 Å². The standard InChI is InChI=1S/C31H30IN3O7/c1-5-40-22-12-10-21(11-13-22)35-30(38)23(29(37)34-31(35)39)14-20-15-24(32)28(26(16-20)41-6-2)42-17-27(36)33-25-9-7-8-18(3)19(25)4/h7-16H,5-6,17H2,1-4H3,(H,33,36)(H,34,37,39)/b23-14+. The molecule has 1 heterocycles.